The van der Waals surface area contributed by atoms with E-state index in [0.29, 0.717) is 0 Å². The van der Waals surface area contributed by atoms with Gasteiger partial charge in [-0.05, 0) is 20.8 Å². The lowest BCUT2D eigenvalue weighted by Gasteiger charge is -2.19. The highest BCUT2D eigenvalue weighted by molar-refractivity contribution is 6.30. The fraction of sp³-hybridized carbons (Fsp3) is 0.857. The normalized spacial score (nSPS) is 12.8. The molecule has 1 amide bonds. The molecule has 0 aliphatic heterocycles. The summed E-state index contributed by atoms with van der Waals surface area (Å²) >= 11 is 5.59. The third kappa shape index (κ3) is 2.56. The van der Waals surface area contributed by atoms with Gasteiger partial charge in [0.2, 0.25) is 5.91 Å². The van der Waals surface area contributed by atoms with Gasteiger partial charge < -0.3 is 4.90 Å². The minimum absolute atomic E-state index is 0.0201. The summed E-state index contributed by atoms with van der Waals surface area (Å²) in [5.41, 5.74) is 0. The number of halogens is 1. The number of carbonyl (C=O) groups is 1. The molecule has 0 fully saturated rings. The third-order valence-corrected chi connectivity index (χ3v) is 1.60. The van der Waals surface area contributed by atoms with Crippen molar-refractivity contribution in [1.82, 2.24) is 4.90 Å². The van der Waals surface area contributed by atoms with Gasteiger partial charge in [-0.1, -0.05) is 0 Å². The summed E-state index contributed by atoms with van der Waals surface area (Å²) in [6, 6.07) is 0. The molecule has 0 saturated carbocycles. The second-order valence-corrected chi connectivity index (χ2v) is 2.78. The minimum atomic E-state index is -0.389. The molecule has 60 valence electrons. The highest BCUT2D eigenvalue weighted by Crippen LogP contribution is 2.00. The van der Waals surface area contributed by atoms with E-state index in [4.69, 9.17) is 11.6 Å². The van der Waals surface area contributed by atoms with Crippen molar-refractivity contribution in [2.24, 2.45) is 0 Å². The van der Waals surface area contributed by atoms with Crippen molar-refractivity contribution >= 4 is 17.5 Å². The second kappa shape index (κ2) is 4.56. The van der Waals surface area contributed by atoms with Crippen LogP contribution in [-0.4, -0.2) is 29.3 Å². The van der Waals surface area contributed by atoms with Crippen LogP contribution in [0.25, 0.3) is 0 Å². The zero-order valence-corrected chi connectivity index (χ0v) is 7.48. The number of alkyl halides is 1. The Bertz CT molecular complexity index is 110. The quantitative estimate of drug-likeness (QED) is 0.578. The van der Waals surface area contributed by atoms with E-state index in [1.54, 1.807) is 11.8 Å². The van der Waals surface area contributed by atoms with Crippen molar-refractivity contribution < 1.29 is 4.79 Å². The molecule has 0 bridgehead atoms. The second-order valence-electron chi connectivity index (χ2n) is 2.13. The first-order valence-electron chi connectivity index (χ1n) is 3.56. The number of rotatable bonds is 3. The first-order valence-corrected chi connectivity index (χ1v) is 4.00. The summed E-state index contributed by atoms with van der Waals surface area (Å²) in [5.74, 6) is 0.0201. The number of nitrogens with zero attached hydrogens (tertiary/aromatic N) is 1. The Morgan fingerprint density at radius 3 is 2.00 bits per heavy atom. The predicted octanol–water partition coefficient (Wildman–Crippen LogP) is 1.48. The van der Waals surface area contributed by atoms with E-state index in [9.17, 15) is 4.79 Å². The molecular weight excluding hydrogens is 150 g/mol. The average Bonchev–Trinajstić information content (AvgIpc) is 1.90. The maximum absolute atomic E-state index is 11.1. The van der Waals surface area contributed by atoms with E-state index in [1.165, 1.54) is 0 Å². The maximum atomic E-state index is 11.1. The molecule has 0 spiro atoms. The van der Waals surface area contributed by atoms with Crippen molar-refractivity contribution in [2.75, 3.05) is 13.1 Å². The summed E-state index contributed by atoms with van der Waals surface area (Å²) < 4.78 is 0. The lowest BCUT2D eigenvalue weighted by molar-refractivity contribution is -0.130. The molecular formula is C7H14ClNO. The standard InChI is InChI=1S/C7H14ClNO/c1-4-9(5-2)7(10)6(3)8/h6H,4-5H2,1-3H3/t6-/m0/s1. The zero-order chi connectivity index (χ0) is 8.15. The first kappa shape index (κ1) is 9.76. The monoisotopic (exact) mass is 163 g/mol. The minimum Gasteiger partial charge on any atom is -0.342 e. The van der Waals surface area contributed by atoms with Crippen LogP contribution in [0.5, 0.6) is 0 Å². The Morgan fingerprint density at radius 2 is 1.90 bits per heavy atom. The van der Waals surface area contributed by atoms with Crippen LogP contribution in [-0.2, 0) is 4.79 Å². The lowest BCUT2D eigenvalue weighted by Crippen LogP contribution is -2.35. The van der Waals surface area contributed by atoms with Crippen molar-refractivity contribution in [3.63, 3.8) is 0 Å². The van der Waals surface area contributed by atoms with Crippen LogP contribution in [0.15, 0.2) is 0 Å². The molecule has 0 aliphatic rings. The zero-order valence-electron chi connectivity index (χ0n) is 6.72. The van der Waals surface area contributed by atoms with E-state index < -0.39 is 0 Å². The van der Waals surface area contributed by atoms with Crippen LogP contribution >= 0.6 is 11.6 Å². The number of hydrogen-bond acceptors (Lipinski definition) is 1. The molecule has 3 heteroatoms. The molecule has 0 unspecified atom stereocenters. The van der Waals surface area contributed by atoms with Crippen molar-refractivity contribution in [3.8, 4) is 0 Å². The highest BCUT2D eigenvalue weighted by Gasteiger charge is 2.14. The van der Waals surface area contributed by atoms with Crippen LogP contribution in [0.3, 0.4) is 0 Å². The Kier molecular flexibility index (Phi) is 4.45. The molecule has 0 N–H and O–H groups in total. The van der Waals surface area contributed by atoms with E-state index >= 15 is 0 Å². The van der Waals surface area contributed by atoms with Gasteiger partial charge in [0, 0.05) is 13.1 Å². The fourth-order valence-corrected chi connectivity index (χ4v) is 0.925. The fourth-order valence-electron chi connectivity index (χ4n) is 0.787. The molecule has 0 aliphatic carbocycles. The molecule has 0 rings (SSSR count). The van der Waals surface area contributed by atoms with E-state index in [2.05, 4.69) is 0 Å². The molecule has 1 atom stereocenters. The maximum Gasteiger partial charge on any atom is 0.240 e. The molecule has 0 aromatic rings. The average molecular weight is 164 g/mol. The SMILES string of the molecule is CCN(CC)C(=O)[C@H](C)Cl. The topological polar surface area (TPSA) is 20.3 Å². The van der Waals surface area contributed by atoms with Gasteiger partial charge >= 0.3 is 0 Å². The Hall–Kier alpha value is -0.240. The summed E-state index contributed by atoms with van der Waals surface area (Å²) in [4.78, 5) is 12.8. The Balaban J connectivity index is 3.89. The molecule has 10 heavy (non-hydrogen) atoms. The van der Waals surface area contributed by atoms with Crippen LogP contribution in [0.4, 0.5) is 0 Å². The number of hydrogen-bond donors (Lipinski definition) is 0. The molecule has 0 radical (unpaired) electrons. The van der Waals surface area contributed by atoms with E-state index in [0.717, 1.165) is 13.1 Å². The van der Waals surface area contributed by atoms with Crippen LogP contribution in [0, 0.1) is 0 Å². The van der Waals surface area contributed by atoms with Gasteiger partial charge in [-0.25, -0.2) is 0 Å². The molecule has 0 saturated heterocycles. The van der Waals surface area contributed by atoms with E-state index in [-0.39, 0.29) is 11.3 Å². The van der Waals surface area contributed by atoms with Crippen molar-refractivity contribution in [2.45, 2.75) is 26.1 Å². The van der Waals surface area contributed by atoms with Gasteiger partial charge in [0.25, 0.3) is 0 Å². The van der Waals surface area contributed by atoms with Crippen molar-refractivity contribution in [3.05, 3.63) is 0 Å². The van der Waals surface area contributed by atoms with Gasteiger partial charge in [-0.15, -0.1) is 11.6 Å². The third-order valence-electron chi connectivity index (χ3n) is 1.42. The van der Waals surface area contributed by atoms with Gasteiger partial charge in [0.05, 0.1) is 0 Å². The van der Waals surface area contributed by atoms with E-state index in [1.807, 2.05) is 13.8 Å². The van der Waals surface area contributed by atoms with Crippen LogP contribution in [0.1, 0.15) is 20.8 Å². The van der Waals surface area contributed by atoms with Crippen molar-refractivity contribution in [1.29, 1.82) is 0 Å². The largest absolute Gasteiger partial charge is 0.342 e. The highest BCUT2D eigenvalue weighted by atomic mass is 35.5. The predicted molar refractivity (Wildman–Crippen MR) is 43.2 cm³/mol. The summed E-state index contributed by atoms with van der Waals surface area (Å²) in [5, 5.41) is -0.389. The number of carbonyl (C=O) groups excluding carboxylic acids is 1. The lowest BCUT2D eigenvalue weighted by atomic mass is 10.4. The number of amides is 1. The molecule has 0 aromatic heterocycles. The molecule has 2 nitrogen and oxygen atoms in total. The smallest absolute Gasteiger partial charge is 0.240 e. The Morgan fingerprint density at radius 1 is 1.50 bits per heavy atom. The summed E-state index contributed by atoms with van der Waals surface area (Å²) in [6.07, 6.45) is 0. The van der Waals surface area contributed by atoms with Crippen LogP contribution in [0.2, 0.25) is 0 Å². The van der Waals surface area contributed by atoms with Gasteiger partial charge in [-0.2, -0.15) is 0 Å². The van der Waals surface area contributed by atoms with Gasteiger partial charge in [-0.3, -0.25) is 4.79 Å². The first-order chi connectivity index (χ1) is 4.63. The van der Waals surface area contributed by atoms with Gasteiger partial charge in [0.15, 0.2) is 0 Å². The Labute approximate surface area is 67.2 Å². The van der Waals surface area contributed by atoms with Crippen LogP contribution < -0.4 is 0 Å². The van der Waals surface area contributed by atoms with Gasteiger partial charge in [0.1, 0.15) is 5.38 Å². The molecule has 0 aromatic carbocycles. The summed E-state index contributed by atoms with van der Waals surface area (Å²) in [6.45, 7) is 7.07. The molecule has 0 heterocycles. The summed E-state index contributed by atoms with van der Waals surface area (Å²) in [7, 11) is 0.